The van der Waals surface area contributed by atoms with Crippen molar-refractivity contribution in [2.75, 3.05) is 6.61 Å². The first-order valence-corrected chi connectivity index (χ1v) is 6.62. The van der Waals surface area contributed by atoms with E-state index >= 15 is 0 Å². The molecule has 1 aromatic carbocycles. The summed E-state index contributed by atoms with van der Waals surface area (Å²) in [5, 5.41) is 40.5. The smallest absolute Gasteiger partial charge is 0.229 e. The molecule has 21 heavy (non-hydrogen) atoms. The molecule has 1 heterocycles. The van der Waals surface area contributed by atoms with Crippen LogP contribution in [0, 0.1) is 0 Å². The third-order valence-corrected chi connectivity index (χ3v) is 3.20. The van der Waals surface area contributed by atoms with Crippen LogP contribution in [0.1, 0.15) is 0 Å². The number of thiocarbonyl (C=S) groups is 1. The Morgan fingerprint density at radius 3 is 2.38 bits per heavy atom. The predicted octanol–water partition coefficient (Wildman–Crippen LogP) is -0.400. The zero-order valence-corrected chi connectivity index (χ0v) is 11.7. The normalized spacial score (nSPS) is 32.3. The molecule has 0 unspecified atom stereocenters. The summed E-state index contributed by atoms with van der Waals surface area (Å²) in [6.07, 6.45) is -6.54. The molecular weight excluding hydrogens is 298 g/mol. The van der Waals surface area contributed by atoms with Crippen LogP contribution in [-0.4, -0.2) is 62.9 Å². The lowest BCUT2D eigenvalue weighted by atomic mass is 9.99. The maximum Gasteiger partial charge on any atom is 0.229 e. The van der Waals surface area contributed by atoms with Crippen molar-refractivity contribution < 1.29 is 29.9 Å². The molecule has 0 radical (unpaired) electrons. The van der Waals surface area contributed by atoms with Crippen LogP contribution in [0.5, 0.6) is 5.75 Å². The number of aliphatic imine (C=N–C) groups is 1. The Hall–Kier alpha value is -1.38. The fourth-order valence-electron chi connectivity index (χ4n) is 1.95. The Morgan fingerprint density at radius 2 is 1.81 bits per heavy atom. The van der Waals surface area contributed by atoms with Gasteiger partial charge in [0.1, 0.15) is 30.2 Å². The third kappa shape index (κ3) is 3.63. The molecule has 7 nitrogen and oxygen atoms in total. The van der Waals surface area contributed by atoms with Gasteiger partial charge in [-0.15, -0.1) is 0 Å². The minimum Gasteiger partial charge on any atom is -0.462 e. The van der Waals surface area contributed by atoms with E-state index in [0.29, 0.717) is 11.4 Å². The molecule has 4 N–H and O–H groups in total. The highest BCUT2D eigenvalue weighted by atomic mass is 32.1. The number of isothiocyanates is 1. The van der Waals surface area contributed by atoms with Crippen molar-refractivity contribution in [2.24, 2.45) is 4.99 Å². The zero-order valence-electron chi connectivity index (χ0n) is 10.9. The number of hydrogen-bond acceptors (Lipinski definition) is 8. The maximum absolute atomic E-state index is 9.84. The first kappa shape index (κ1) is 16.0. The predicted molar refractivity (Wildman–Crippen MR) is 75.5 cm³/mol. The third-order valence-electron chi connectivity index (χ3n) is 3.11. The van der Waals surface area contributed by atoms with Gasteiger partial charge in [-0.2, -0.15) is 4.99 Å². The second-order valence-electron chi connectivity index (χ2n) is 4.51. The molecular formula is C13H15NO6S. The Bertz CT molecular complexity index is 516. The van der Waals surface area contributed by atoms with Crippen LogP contribution in [0.3, 0.4) is 0 Å². The van der Waals surface area contributed by atoms with Gasteiger partial charge in [-0.3, -0.25) is 0 Å². The van der Waals surface area contributed by atoms with Crippen LogP contribution in [-0.2, 0) is 4.74 Å². The van der Waals surface area contributed by atoms with Gasteiger partial charge in [-0.25, -0.2) is 0 Å². The van der Waals surface area contributed by atoms with Gasteiger partial charge >= 0.3 is 0 Å². The standard InChI is InChI=1S/C13H15NO6S/c15-5-9-10(16)11(17)12(18)13(20-9)19-8-3-1-7(2-4-8)14-6-21/h1-4,9-13,15-18H,5H2/t9-,10-,11+,12-,13-/m1/s1. The summed E-state index contributed by atoms with van der Waals surface area (Å²) in [6, 6.07) is 6.40. The van der Waals surface area contributed by atoms with Gasteiger partial charge in [-0.1, -0.05) is 0 Å². The lowest BCUT2D eigenvalue weighted by Crippen LogP contribution is -2.60. The Labute approximate surface area is 126 Å². The first-order chi connectivity index (χ1) is 10.1. The van der Waals surface area contributed by atoms with E-state index in [1.165, 1.54) is 0 Å². The lowest BCUT2D eigenvalue weighted by molar-refractivity contribution is -0.277. The highest BCUT2D eigenvalue weighted by Gasteiger charge is 2.44. The largest absolute Gasteiger partial charge is 0.462 e. The van der Waals surface area contributed by atoms with Crippen molar-refractivity contribution in [3.63, 3.8) is 0 Å². The average molecular weight is 313 g/mol. The molecule has 0 saturated carbocycles. The van der Waals surface area contributed by atoms with E-state index in [2.05, 4.69) is 22.4 Å². The van der Waals surface area contributed by atoms with Gasteiger partial charge in [0.25, 0.3) is 0 Å². The highest BCUT2D eigenvalue weighted by Crippen LogP contribution is 2.25. The van der Waals surface area contributed by atoms with Gasteiger partial charge in [0, 0.05) is 0 Å². The van der Waals surface area contributed by atoms with Crippen LogP contribution in [0.2, 0.25) is 0 Å². The fraction of sp³-hybridized carbons (Fsp3) is 0.462. The summed E-state index contributed by atoms with van der Waals surface area (Å²) in [6.45, 7) is -0.507. The zero-order chi connectivity index (χ0) is 15.4. The molecule has 114 valence electrons. The number of rotatable bonds is 4. The number of aliphatic hydroxyl groups excluding tert-OH is 4. The van der Waals surface area contributed by atoms with E-state index in [9.17, 15) is 15.3 Å². The minimum absolute atomic E-state index is 0.364. The van der Waals surface area contributed by atoms with E-state index in [1.54, 1.807) is 24.3 Å². The van der Waals surface area contributed by atoms with E-state index in [-0.39, 0.29) is 0 Å². The monoisotopic (exact) mass is 313 g/mol. The maximum atomic E-state index is 9.84. The molecule has 1 aromatic rings. The van der Waals surface area contributed by atoms with E-state index in [0.717, 1.165) is 0 Å². The summed E-state index contributed by atoms with van der Waals surface area (Å²) in [4.78, 5) is 3.78. The van der Waals surface area contributed by atoms with Crippen LogP contribution in [0.4, 0.5) is 5.69 Å². The summed E-state index contributed by atoms with van der Waals surface area (Å²) in [5.74, 6) is 0.364. The Kier molecular flexibility index (Phi) is 5.38. The summed E-state index contributed by atoms with van der Waals surface area (Å²) in [7, 11) is 0. The quantitative estimate of drug-likeness (QED) is 0.442. The molecule has 0 amide bonds. The van der Waals surface area contributed by atoms with Crippen molar-refractivity contribution in [3.05, 3.63) is 24.3 Å². The van der Waals surface area contributed by atoms with Crippen molar-refractivity contribution >= 4 is 23.1 Å². The highest BCUT2D eigenvalue weighted by molar-refractivity contribution is 7.78. The number of nitrogens with zero attached hydrogens (tertiary/aromatic N) is 1. The molecule has 1 saturated heterocycles. The van der Waals surface area contributed by atoms with Crippen LogP contribution < -0.4 is 4.74 Å². The Morgan fingerprint density at radius 1 is 1.14 bits per heavy atom. The molecule has 5 atom stereocenters. The number of hydrogen-bond donors (Lipinski definition) is 4. The van der Waals surface area contributed by atoms with Crippen LogP contribution in [0.25, 0.3) is 0 Å². The molecule has 0 aliphatic carbocycles. The fourth-order valence-corrected chi connectivity index (χ4v) is 2.06. The van der Waals surface area contributed by atoms with Crippen molar-refractivity contribution in [2.45, 2.75) is 30.7 Å². The lowest BCUT2D eigenvalue weighted by Gasteiger charge is -2.39. The molecule has 0 aromatic heterocycles. The molecule has 2 rings (SSSR count). The van der Waals surface area contributed by atoms with Gasteiger partial charge in [-0.05, 0) is 36.5 Å². The summed E-state index contributed by atoms with van der Waals surface area (Å²) < 4.78 is 10.6. The molecule has 1 fully saturated rings. The summed E-state index contributed by atoms with van der Waals surface area (Å²) >= 11 is 4.49. The van der Waals surface area contributed by atoms with Crippen LogP contribution in [0.15, 0.2) is 29.3 Å². The second-order valence-corrected chi connectivity index (χ2v) is 4.69. The first-order valence-electron chi connectivity index (χ1n) is 6.22. The minimum atomic E-state index is -1.47. The van der Waals surface area contributed by atoms with Gasteiger partial charge in [0.05, 0.1) is 17.5 Å². The second kappa shape index (κ2) is 7.06. The molecule has 0 spiro atoms. The average Bonchev–Trinajstić information content (AvgIpc) is 2.50. The Balaban J connectivity index is 2.08. The molecule has 1 aliphatic heterocycles. The van der Waals surface area contributed by atoms with Gasteiger partial charge in [0.2, 0.25) is 6.29 Å². The topological polar surface area (TPSA) is 112 Å². The SMILES string of the molecule is OC[C@H]1O[C@@H](Oc2ccc(N=C=S)cc2)[C@H](O)[C@@H](O)[C@@H]1O. The number of aliphatic hydroxyl groups is 4. The van der Waals surface area contributed by atoms with E-state index < -0.39 is 37.3 Å². The van der Waals surface area contributed by atoms with E-state index in [4.69, 9.17) is 14.6 Å². The number of benzene rings is 1. The molecule has 0 bridgehead atoms. The van der Waals surface area contributed by atoms with Crippen molar-refractivity contribution in [1.82, 2.24) is 0 Å². The van der Waals surface area contributed by atoms with Gasteiger partial charge in [0.15, 0.2) is 0 Å². The van der Waals surface area contributed by atoms with Crippen molar-refractivity contribution in [1.29, 1.82) is 0 Å². The summed E-state index contributed by atoms with van der Waals surface area (Å²) in [5.41, 5.74) is 0.589. The van der Waals surface area contributed by atoms with Crippen LogP contribution >= 0.6 is 12.2 Å². The van der Waals surface area contributed by atoms with Crippen molar-refractivity contribution in [3.8, 4) is 5.75 Å². The molecule has 8 heteroatoms. The number of ether oxygens (including phenoxy) is 2. The molecule has 1 aliphatic rings. The van der Waals surface area contributed by atoms with Gasteiger partial charge < -0.3 is 29.9 Å². The van der Waals surface area contributed by atoms with E-state index in [1.807, 2.05) is 0 Å².